The van der Waals surface area contributed by atoms with Gasteiger partial charge in [0.15, 0.2) is 0 Å². The van der Waals surface area contributed by atoms with E-state index in [0.29, 0.717) is 11.1 Å². The molecular formula is C13H14N4O2S. The van der Waals surface area contributed by atoms with E-state index >= 15 is 0 Å². The molecule has 0 saturated heterocycles. The summed E-state index contributed by atoms with van der Waals surface area (Å²) >= 11 is 0. The first-order valence-electron chi connectivity index (χ1n) is 5.96. The number of hydrogen-bond acceptors (Lipinski definition) is 4. The van der Waals surface area contributed by atoms with Crippen molar-refractivity contribution in [3.05, 3.63) is 52.8 Å². The minimum atomic E-state index is -3.50. The number of aromatic nitrogens is 2. The predicted octanol–water partition coefficient (Wildman–Crippen LogP) is 1.21. The van der Waals surface area contributed by atoms with Gasteiger partial charge in [0.1, 0.15) is 0 Å². The molecule has 2 aromatic rings. The minimum absolute atomic E-state index is 0.180. The standard InChI is InChI=1S/C13H14N4O2S/c1-10-13(7-15-17-10)8-16-20(18,19)9-12-5-3-2-4-11(12)6-14/h2-5,7,16H,8-9H2,1H3,(H,15,17). The highest BCUT2D eigenvalue weighted by molar-refractivity contribution is 7.88. The van der Waals surface area contributed by atoms with Crippen LogP contribution in [0.2, 0.25) is 0 Å². The van der Waals surface area contributed by atoms with Crippen LogP contribution in [0, 0.1) is 18.3 Å². The van der Waals surface area contributed by atoms with Crippen molar-refractivity contribution in [2.45, 2.75) is 19.2 Å². The number of hydrogen-bond donors (Lipinski definition) is 2. The van der Waals surface area contributed by atoms with Gasteiger partial charge in [-0.3, -0.25) is 5.10 Å². The van der Waals surface area contributed by atoms with Gasteiger partial charge in [-0.25, -0.2) is 13.1 Å². The molecule has 0 saturated carbocycles. The second kappa shape index (κ2) is 5.86. The second-order valence-electron chi connectivity index (χ2n) is 4.37. The molecule has 104 valence electrons. The van der Waals surface area contributed by atoms with Crippen molar-refractivity contribution in [3.63, 3.8) is 0 Å². The van der Waals surface area contributed by atoms with Crippen LogP contribution in [-0.4, -0.2) is 18.6 Å². The molecule has 6 nitrogen and oxygen atoms in total. The third-order valence-electron chi connectivity index (χ3n) is 2.90. The SMILES string of the molecule is Cc1[nH]ncc1CNS(=O)(=O)Cc1ccccc1C#N. The van der Waals surface area contributed by atoms with Crippen molar-refractivity contribution in [1.29, 1.82) is 5.26 Å². The third kappa shape index (κ3) is 3.44. The molecule has 0 unspecified atom stereocenters. The summed E-state index contributed by atoms with van der Waals surface area (Å²) in [6.07, 6.45) is 1.58. The Hall–Kier alpha value is -2.17. The molecule has 0 spiro atoms. The topological polar surface area (TPSA) is 98.6 Å². The Morgan fingerprint density at radius 2 is 2.10 bits per heavy atom. The van der Waals surface area contributed by atoms with E-state index < -0.39 is 10.0 Å². The largest absolute Gasteiger partial charge is 0.283 e. The van der Waals surface area contributed by atoms with Crippen LogP contribution in [0.1, 0.15) is 22.4 Å². The zero-order valence-corrected chi connectivity index (χ0v) is 11.7. The quantitative estimate of drug-likeness (QED) is 0.864. The van der Waals surface area contributed by atoms with Gasteiger partial charge in [-0.1, -0.05) is 18.2 Å². The van der Waals surface area contributed by atoms with E-state index in [9.17, 15) is 8.42 Å². The Bertz CT molecular complexity index is 744. The Morgan fingerprint density at radius 3 is 2.75 bits per heavy atom. The molecule has 7 heteroatoms. The van der Waals surface area contributed by atoms with E-state index in [1.54, 1.807) is 30.5 Å². The second-order valence-corrected chi connectivity index (χ2v) is 6.18. The smallest absolute Gasteiger partial charge is 0.216 e. The average molecular weight is 290 g/mol. The minimum Gasteiger partial charge on any atom is -0.283 e. The maximum Gasteiger partial charge on any atom is 0.216 e. The number of aryl methyl sites for hydroxylation is 1. The summed E-state index contributed by atoms with van der Waals surface area (Å²) in [6.45, 7) is 2.00. The van der Waals surface area contributed by atoms with Gasteiger partial charge >= 0.3 is 0 Å². The monoisotopic (exact) mass is 290 g/mol. The molecule has 1 aromatic heterocycles. The van der Waals surface area contributed by atoms with Gasteiger partial charge in [0.25, 0.3) is 0 Å². The maximum atomic E-state index is 12.0. The Morgan fingerprint density at radius 1 is 1.35 bits per heavy atom. The van der Waals surface area contributed by atoms with Crippen molar-refractivity contribution in [2.24, 2.45) is 0 Å². The van der Waals surface area contributed by atoms with Crippen LogP contribution in [-0.2, 0) is 22.3 Å². The van der Waals surface area contributed by atoms with Gasteiger partial charge in [-0.2, -0.15) is 10.4 Å². The van der Waals surface area contributed by atoms with Crippen LogP contribution in [0.15, 0.2) is 30.5 Å². The maximum absolute atomic E-state index is 12.0. The molecule has 0 atom stereocenters. The predicted molar refractivity (Wildman–Crippen MR) is 73.9 cm³/mol. The van der Waals surface area contributed by atoms with Crippen LogP contribution >= 0.6 is 0 Å². The van der Waals surface area contributed by atoms with Crippen LogP contribution < -0.4 is 4.72 Å². The first-order chi connectivity index (χ1) is 9.52. The van der Waals surface area contributed by atoms with E-state index in [1.165, 1.54) is 0 Å². The molecule has 1 heterocycles. The highest BCUT2D eigenvalue weighted by atomic mass is 32.2. The summed E-state index contributed by atoms with van der Waals surface area (Å²) < 4.78 is 26.6. The molecule has 0 aliphatic rings. The number of sulfonamides is 1. The third-order valence-corrected chi connectivity index (χ3v) is 4.18. The van der Waals surface area contributed by atoms with Crippen molar-refractivity contribution in [1.82, 2.24) is 14.9 Å². The zero-order chi connectivity index (χ0) is 14.6. The normalized spacial score (nSPS) is 11.2. The van der Waals surface area contributed by atoms with Crippen LogP contribution in [0.4, 0.5) is 0 Å². The molecule has 0 aliphatic heterocycles. The number of nitriles is 1. The molecular weight excluding hydrogens is 276 g/mol. The number of H-pyrrole nitrogens is 1. The van der Waals surface area contributed by atoms with Gasteiger partial charge in [0.05, 0.1) is 23.6 Å². The molecule has 2 rings (SSSR count). The molecule has 0 bridgehead atoms. The van der Waals surface area contributed by atoms with Gasteiger partial charge in [-0.05, 0) is 18.6 Å². The van der Waals surface area contributed by atoms with Crippen LogP contribution in [0.25, 0.3) is 0 Å². The summed E-state index contributed by atoms with van der Waals surface area (Å²) in [4.78, 5) is 0. The van der Waals surface area contributed by atoms with E-state index in [0.717, 1.165) is 11.3 Å². The van der Waals surface area contributed by atoms with E-state index in [4.69, 9.17) is 5.26 Å². The van der Waals surface area contributed by atoms with Crippen LogP contribution in [0.5, 0.6) is 0 Å². The number of benzene rings is 1. The lowest BCUT2D eigenvalue weighted by molar-refractivity contribution is 0.580. The fourth-order valence-electron chi connectivity index (χ4n) is 1.75. The highest BCUT2D eigenvalue weighted by Crippen LogP contribution is 2.11. The molecule has 0 radical (unpaired) electrons. The van der Waals surface area contributed by atoms with Crippen molar-refractivity contribution < 1.29 is 8.42 Å². The summed E-state index contributed by atoms with van der Waals surface area (Å²) in [5.41, 5.74) is 2.48. The molecule has 2 N–H and O–H groups in total. The summed E-state index contributed by atoms with van der Waals surface area (Å²) in [6, 6.07) is 8.65. The van der Waals surface area contributed by atoms with E-state index in [1.807, 2.05) is 13.0 Å². The van der Waals surface area contributed by atoms with Gasteiger partial charge in [0.2, 0.25) is 10.0 Å². The lowest BCUT2D eigenvalue weighted by Gasteiger charge is -2.07. The van der Waals surface area contributed by atoms with Gasteiger partial charge in [0, 0.05) is 17.8 Å². The first kappa shape index (κ1) is 14.2. The lowest BCUT2D eigenvalue weighted by atomic mass is 10.1. The summed E-state index contributed by atoms with van der Waals surface area (Å²) in [5, 5.41) is 15.5. The fraction of sp³-hybridized carbons (Fsp3) is 0.231. The number of nitrogens with zero attached hydrogens (tertiary/aromatic N) is 2. The fourth-order valence-corrected chi connectivity index (χ4v) is 2.89. The number of aromatic amines is 1. The van der Waals surface area contributed by atoms with Crippen molar-refractivity contribution in [2.75, 3.05) is 0 Å². The van der Waals surface area contributed by atoms with Crippen molar-refractivity contribution in [3.8, 4) is 6.07 Å². The molecule has 0 amide bonds. The molecule has 0 aliphatic carbocycles. The number of rotatable bonds is 5. The zero-order valence-electron chi connectivity index (χ0n) is 10.9. The molecule has 20 heavy (non-hydrogen) atoms. The van der Waals surface area contributed by atoms with Crippen LogP contribution in [0.3, 0.4) is 0 Å². The highest BCUT2D eigenvalue weighted by Gasteiger charge is 2.14. The summed E-state index contributed by atoms with van der Waals surface area (Å²) in [7, 11) is -3.50. The molecule has 1 aromatic carbocycles. The van der Waals surface area contributed by atoms with E-state index in [2.05, 4.69) is 14.9 Å². The lowest BCUT2D eigenvalue weighted by Crippen LogP contribution is -2.25. The number of nitrogens with one attached hydrogen (secondary N) is 2. The molecule has 0 fully saturated rings. The summed E-state index contributed by atoms with van der Waals surface area (Å²) in [5.74, 6) is -0.215. The average Bonchev–Trinajstić information content (AvgIpc) is 2.82. The van der Waals surface area contributed by atoms with Crippen molar-refractivity contribution >= 4 is 10.0 Å². The van der Waals surface area contributed by atoms with E-state index in [-0.39, 0.29) is 12.3 Å². The Balaban J connectivity index is 2.08. The van der Waals surface area contributed by atoms with Gasteiger partial charge < -0.3 is 0 Å². The Labute approximate surface area is 117 Å². The van der Waals surface area contributed by atoms with Gasteiger partial charge in [-0.15, -0.1) is 0 Å². The Kier molecular flexibility index (Phi) is 4.17. The first-order valence-corrected chi connectivity index (χ1v) is 7.61.